The number of nitrogens with one attached hydrogen (secondary N) is 1. The Morgan fingerprint density at radius 1 is 1.18 bits per heavy atom. The first-order valence-corrected chi connectivity index (χ1v) is 11.4. The first-order chi connectivity index (χ1) is 16.2. The number of carbonyl (C=O) groups is 2. The molecule has 11 heteroatoms. The number of nitro benzene ring substituents is 1. The van der Waals surface area contributed by atoms with E-state index in [-0.39, 0.29) is 29.6 Å². The molecule has 0 saturated carbocycles. The van der Waals surface area contributed by atoms with E-state index in [2.05, 4.69) is 5.32 Å². The number of nitrogens with zero attached hydrogens (tertiary/aromatic N) is 2. The van der Waals surface area contributed by atoms with Gasteiger partial charge < -0.3 is 19.7 Å². The zero-order valence-corrected chi connectivity index (χ0v) is 20.7. The van der Waals surface area contributed by atoms with Gasteiger partial charge in [-0.15, -0.1) is 0 Å². The average molecular weight is 512 g/mol. The number of benzene rings is 2. The monoisotopic (exact) mass is 511 g/mol. The summed E-state index contributed by atoms with van der Waals surface area (Å²) >= 11 is 12.6. The van der Waals surface area contributed by atoms with E-state index < -0.39 is 23.5 Å². The van der Waals surface area contributed by atoms with Crippen molar-refractivity contribution in [1.29, 1.82) is 0 Å². The summed E-state index contributed by atoms with van der Waals surface area (Å²) in [5, 5.41) is 14.6. The van der Waals surface area contributed by atoms with Gasteiger partial charge in [0.2, 0.25) is 11.7 Å². The largest absolute Gasteiger partial charge is 0.490 e. The van der Waals surface area contributed by atoms with Gasteiger partial charge in [-0.1, -0.05) is 43.1 Å². The third-order valence-corrected chi connectivity index (χ3v) is 5.74. The Bertz CT molecular complexity index is 1010. The van der Waals surface area contributed by atoms with Gasteiger partial charge in [0.25, 0.3) is 5.91 Å². The van der Waals surface area contributed by atoms with Crippen LogP contribution in [0, 0.1) is 10.1 Å². The molecule has 0 aliphatic heterocycles. The molecule has 0 bridgehead atoms. The molecule has 2 aromatic carbocycles. The molecule has 0 aliphatic carbocycles. The van der Waals surface area contributed by atoms with Crippen LogP contribution in [-0.2, 0) is 16.1 Å². The van der Waals surface area contributed by atoms with E-state index in [1.807, 2.05) is 6.92 Å². The third kappa shape index (κ3) is 6.98. The lowest BCUT2D eigenvalue weighted by atomic mass is 10.1. The van der Waals surface area contributed by atoms with Crippen LogP contribution in [0.2, 0.25) is 10.0 Å². The summed E-state index contributed by atoms with van der Waals surface area (Å²) in [4.78, 5) is 37.9. The van der Waals surface area contributed by atoms with E-state index in [1.54, 1.807) is 25.1 Å². The number of amides is 2. The topological polar surface area (TPSA) is 111 Å². The normalized spacial score (nSPS) is 11.4. The maximum Gasteiger partial charge on any atom is 0.311 e. The molecule has 9 nitrogen and oxygen atoms in total. The fourth-order valence-corrected chi connectivity index (χ4v) is 3.78. The highest BCUT2D eigenvalue weighted by Crippen LogP contribution is 2.31. The molecule has 1 N–H and O–H groups in total. The second kappa shape index (κ2) is 13.0. The minimum Gasteiger partial charge on any atom is -0.490 e. The number of halogens is 2. The average Bonchev–Trinajstić information content (AvgIpc) is 2.82. The maximum absolute atomic E-state index is 13.2. The molecule has 0 saturated heterocycles. The number of hydrogen-bond donors (Lipinski definition) is 1. The van der Waals surface area contributed by atoms with Crippen molar-refractivity contribution in [1.82, 2.24) is 10.2 Å². The number of nitro groups is 1. The third-order valence-electron chi connectivity index (χ3n) is 5.04. The van der Waals surface area contributed by atoms with Gasteiger partial charge in [-0.2, -0.15) is 0 Å². The number of methoxy groups -OCH3 is 1. The molecule has 2 rings (SSSR count). The summed E-state index contributed by atoms with van der Waals surface area (Å²) in [6.45, 7) is 3.79. The van der Waals surface area contributed by atoms with E-state index in [1.165, 1.54) is 30.2 Å². The van der Waals surface area contributed by atoms with Crippen molar-refractivity contribution in [3.8, 4) is 11.5 Å². The molecule has 0 unspecified atom stereocenters. The zero-order valence-electron chi connectivity index (χ0n) is 19.2. The van der Waals surface area contributed by atoms with Gasteiger partial charge in [-0.25, -0.2) is 0 Å². The Labute approximate surface area is 208 Å². The minimum absolute atomic E-state index is 0.0000300. The van der Waals surface area contributed by atoms with Crippen molar-refractivity contribution in [3.63, 3.8) is 0 Å². The summed E-state index contributed by atoms with van der Waals surface area (Å²) in [7, 11) is 1.30. The van der Waals surface area contributed by atoms with Crippen LogP contribution in [0.3, 0.4) is 0 Å². The smallest absolute Gasteiger partial charge is 0.311 e. The zero-order chi connectivity index (χ0) is 25.3. The number of carbonyl (C=O) groups excluding carboxylic acids is 2. The van der Waals surface area contributed by atoms with Gasteiger partial charge in [0.1, 0.15) is 11.8 Å². The first kappa shape index (κ1) is 27.2. The lowest BCUT2D eigenvalue weighted by Gasteiger charge is -2.31. The van der Waals surface area contributed by atoms with Crippen LogP contribution in [0.5, 0.6) is 11.5 Å². The summed E-state index contributed by atoms with van der Waals surface area (Å²) in [6.07, 6.45) is 1.10. The highest BCUT2D eigenvalue weighted by molar-refractivity contribution is 6.36. The fourth-order valence-electron chi connectivity index (χ4n) is 3.27. The van der Waals surface area contributed by atoms with Crippen LogP contribution in [0.25, 0.3) is 0 Å². The molecule has 0 spiro atoms. The Morgan fingerprint density at radius 3 is 2.41 bits per heavy atom. The molecule has 34 heavy (non-hydrogen) atoms. The Kier molecular flexibility index (Phi) is 10.4. The van der Waals surface area contributed by atoms with Gasteiger partial charge in [0.05, 0.1) is 12.0 Å². The standard InChI is InChI=1S/C23H27Cl2N3O6/c1-4-11-26-23(30)19(5-2)27(13-16-17(24)7-6-8-18(16)25)22(29)14-34-15-9-10-20(28(31)32)21(12-15)33-3/h6-10,12,19H,4-5,11,13-14H2,1-3H3,(H,26,30)/t19-/m0/s1. The molecule has 0 heterocycles. The molecule has 0 aliphatic rings. The van der Waals surface area contributed by atoms with E-state index >= 15 is 0 Å². The Balaban J connectivity index is 2.29. The van der Waals surface area contributed by atoms with Crippen molar-refractivity contribution in [2.24, 2.45) is 0 Å². The molecule has 0 fully saturated rings. The van der Waals surface area contributed by atoms with Crippen LogP contribution in [-0.4, -0.2) is 47.9 Å². The predicted molar refractivity (Wildman–Crippen MR) is 130 cm³/mol. The van der Waals surface area contributed by atoms with Crippen molar-refractivity contribution in [2.45, 2.75) is 39.3 Å². The van der Waals surface area contributed by atoms with Crippen molar-refractivity contribution < 1.29 is 24.0 Å². The highest BCUT2D eigenvalue weighted by Gasteiger charge is 2.30. The molecule has 0 radical (unpaired) electrons. The van der Waals surface area contributed by atoms with Gasteiger partial charge >= 0.3 is 5.69 Å². The lowest BCUT2D eigenvalue weighted by Crippen LogP contribution is -2.50. The molecule has 2 aromatic rings. The minimum atomic E-state index is -0.776. The summed E-state index contributed by atoms with van der Waals surface area (Å²) in [5.74, 6) is -0.570. The number of ether oxygens (including phenoxy) is 2. The maximum atomic E-state index is 13.2. The first-order valence-electron chi connectivity index (χ1n) is 10.7. The molecular formula is C23H27Cl2N3O6. The van der Waals surface area contributed by atoms with Gasteiger partial charge in [-0.05, 0) is 31.0 Å². The molecular weight excluding hydrogens is 485 g/mol. The molecule has 1 atom stereocenters. The molecule has 184 valence electrons. The van der Waals surface area contributed by atoms with Crippen LogP contribution < -0.4 is 14.8 Å². The van der Waals surface area contributed by atoms with E-state index in [9.17, 15) is 19.7 Å². The summed E-state index contributed by atoms with van der Waals surface area (Å²) in [6, 6.07) is 8.15. The van der Waals surface area contributed by atoms with Crippen LogP contribution in [0.15, 0.2) is 36.4 Å². The predicted octanol–water partition coefficient (Wildman–Crippen LogP) is 4.62. The van der Waals surface area contributed by atoms with E-state index in [0.717, 1.165) is 6.42 Å². The van der Waals surface area contributed by atoms with Gasteiger partial charge in [0.15, 0.2) is 6.61 Å². The molecule has 0 aromatic heterocycles. The SMILES string of the molecule is CCCNC(=O)[C@H](CC)N(Cc1c(Cl)cccc1Cl)C(=O)COc1ccc([N+](=O)[O-])c(OC)c1. The van der Waals surface area contributed by atoms with Crippen molar-refractivity contribution in [3.05, 3.63) is 62.1 Å². The quantitative estimate of drug-likeness (QED) is 0.328. The van der Waals surface area contributed by atoms with Crippen LogP contribution in [0.1, 0.15) is 32.3 Å². The van der Waals surface area contributed by atoms with E-state index in [4.69, 9.17) is 32.7 Å². The highest BCUT2D eigenvalue weighted by atomic mass is 35.5. The second-order valence-corrected chi connectivity index (χ2v) is 8.13. The lowest BCUT2D eigenvalue weighted by molar-refractivity contribution is -0.385. The van der Waals surface area contributed by atoms with E-state index in [0.29, 0.717) is 28.6 Å². The summed E-state index contributed by atoms with van der Waals surface area (Å²) < 4.78 is 10.6. The van der Waals surface area contributed by atoms with Crippen LogP contribution in [0.4, 0.5) is 5.69 Å². The second-order valence-electron chi connectivity index (χ2n) is 7.32. The number of hydrogen-bond acceptors (Lipinski definition) is 6. The molecule has 2 amide bonds. The van der Waals surface area contributed by atoms with Crippen molar-refractivity contribution >= 4 is 40.7 Å². The fraction of sp³-hybridized carbons (Fsp3) is 0.391. The van der Waals surface area contributed by atoms with Gasteiger partial charge in [-0.3, -0.25) is 19.7 Å². The Morgan fingerprint density at radius 2 is 1.85 bits per heavy atom. The summed E-state index contributed by atoms with van der Waals surface area (Å²) in [5.41, 5.74) is 0.285. The number of rotatable bonds is 12. The Hall–Kier alpha value is -3.04. The van der Waals surface area contributed by atoms with Crippen LogP contribution >= 0.6 is 23.2 Å². The van der Waals surface area contributed by atoms with Gasteiger partial charge in [0, 0.05) is 40.8 Å². The van der Waals surface area contributed by atoms with Crippen molar-refractivity contribution in [2.75, 3.05) is 20.3 Å².